The number of nitrogens with one attached hydrogen (secondary N) is 1. The highest BCUT2D eigenvalue weighted by Crippen LogP contribution is 2.30. The second-order valence-electron chi connectivity index (χ2n) is 7.77. The molecule has 0 radical (unpaired) electrons. The number of para-hydroxylation sites is 2. The van der Waals surface area contributed by atoms with E-state index < -0.39 is 0 Å². The van der Waals surface area contributed by atoms with Gasteiger partial charge in [0.15, 0.2) is 0 Å². The van der Waals surface area contributed by atoms with E-state index in [2.05, 4.69) is 77.5 Å². The maximum Gasteiger partial charge on any atom is 0.0730 e. The summed E-state index contributed by atoms with van der Waals surface area (Å²) < 4.78 is 0. The third kappa shape index (κ3) is 4.57. The molecule has 1 saturated heterocycles. The van der Waals surface area contributed by atoms with Gasteiger partial charge in [0.05, 0.1) is 16.7 Å². The van der Waals surface area contributed by atoms with Crippen LogP contribution in [0, 0.1) is 0 Å². The van der Waals surface area contributed by atoms with E-state index in [4.69, 9.17) is 4.98 Å². The van der Waals surface area contributed by atoms with Crippen LogP contribution in [-0.4, -0.2) is 60.1 Å². The number of hydrogen-bond acceptors (Lipinski definition) is 4. The molecular weight excluding hydrogens is 368 g/mol. The minimum Gasteiger partial charge on any atom is -0.384 e. The first-order chi connectivity index (χ1) is 13.2. The molecule has 0 saturated carbocycles. The third-order valence-corrected chi connectivity index (χ3v) is 5.68. The molecule has 4 rings (SSSR count). The fourth-order valence-electron chi connectivity index (χ4n) is 4.05. The fraction of sp³-hybridized carbons (Fsp3) is 0.435. The van der Waals surface area contributed by atoms with Crippen molar-refractivity contribution in [1.82, 2.24) is 14.8 Å². The molecule has 1 aromatic heterocycles. The Balaban J connectivity index is 0.00000225. The number of benzene rings is 2. The largest absolute Gasteiger partial charge is 0.384 e. The van der Waals surface area contributed by atoms with Crippen LogP contribution in [0.15, 0.2) is 48.5 Å². The highest BCUT2D eigenvalue weighted by molar-refractivity contribution is 6.07. The highest BCUT2D eigenvalue weighted by atomic mass is 35.5. The molecule has 1 aliphatic rings. The first-order valence-corrected chi connectivity index (χ1v) is 10.2. The van der Waals surface area contributed by atoms with Crippen molar-refractivity contribution in [1.29, 1.82) is 0 Å². The molecule has 5 heteroatoms. The first-order valence-electron chi connectivity index (χ1n) is 10.2. The number of pyridine rings is 1. The number of fused-ring (bicyclic) bond motifs is 2. The van der Waals surface area contributed by atoms with Crippen molar-refractivity contribution in [3.63, 3.8) is 0 Å². The van der Waals surface area contributed by atoms with Gasteiger partial charge in [0.2, 0.25) is 0 Å². The van der Waals surface area contributed by atoms with Crippen LogP contribution < -0.4 is 5.32 Å². The molecule has 0 bridgehead atoms. The Bertz CT molecular complexity index is 849. The van der Waals surface area contributed by atoms with Crippen molar-refractivity contribution in [2.45, 2.75) is 26.3 Å². The van der Waals surface area contributed by atoms with Gasteiger partial charge >= 0.3 is 0 Å². The molecule has 1 aliphatic heterocycles. The topological polar surface area (TPSA) is 31.4 Å². The molecule has 3 aromatic rings. The van der Waals surface area contributed by atoms with E-state index in [1.54, 1.807) is 0 Å². The maximum atomic E-state index is 4.81. The van der Waals surface area contributed by atoms with E-state index in [9.17, 15) is 0 Å². The Labute approximate surface area is 174 Å². The second kappa shape index (κ2) is 9.55. The number of hydrogen-bond donors (Lipinski definition) is 1. The van der Waals surface area contributed by atoms with Crippen molar-refractivity contribution in [2.75, 3.05) is 44.6 Å². The zero-order valence-electron chi connectivity index (χ0n) is 16.9. The molecule has 1 N–H and O–H groups in total. The van der Waals surface area contributed by atoms with Crippen molar-refractivity contribution >= 4 is 39.9 Å². The molecular formula is C23H31ClN4. The van der Waals surface area contributed by atoms with Crippen LogP contribution in [0.25, 0.3) is 21.8 Å². The summed E-state index contributed by atoms with van der Waals surface area (Å²) in [5.74, 6) is 0. The number of aromatic nitrogens is 1. The Morgan fingerprint density at radius 3 is 2.04 bits per heavy atom. The maximum absolute atomic E-state index is 4.81. The molecule has 28 heavy (non-hydrogen) atoms. The summed E-state index contributed by atoms with van der Waals surface area (Å²) in [5.41, 5.74) is 3.34. The van der Waals surface area contributed by atoms with Crippen molar-refractivity contribution in [2.24, 2.45) is 0 Å². The highest BCUT2D eigenvalue weighted by Gasteiger charge is 2.18. The molecule has 2 aromatic carbocycles. The standard InChI is InChI=1S/C23H30N4.ClH/c1-18(2)27-16-14-26(15-17-27)13-7-12-24-23-19-8-3-5-10-21(19)25-22-11-6-4-9-20(22)23;/h3-6,8-11,18H,7,12-17H2,1-2H3,(H,24,25);1H. The Morgan fingerprint density at radius 1 is 0.893 bits per heavy atom. The average Bonchev–Trinajstić information content (AvgIpc) is 2.70. The lowest BCUT2D eigenvalue weighted by atomic mass is 10.1. The van der Waals surface area contributed by atoms with Gasteiger partial charge in [-0.25, -0.2) is 4.98 Å². The van der Waals surface area contributed by atoms with Gasteiger partial charge in [-0.2, -0.15) is 0 Å². The molecule has 2 heterocycles. The van der Waals surface area contributed by atoms with Gasteiger partial charge in [-0.15, -0.1) is 12.4 Å². The molecule has 0 unspecified atom stereocenters. The summed E-state index contributed by atoms with van der Waals surface area (Å²) in [6.45, 7) is 11.5. The van der Waals surface area contributed by atoms with Crippen molar-refractivity contribution in [3.05, 3.63) is 48.5 Å². The number of rotatable bonds is 6. The number of nitrogens with zero attached hydrogens (tertiary/aromatic N) is 3. The van der Waals surface area contributed by atoms with Crippen LogP contribution >= 0.6 is 12.4 Å². The van der Waals surface area contributed by atoms with Gasteiger partial charge < -0.3 is 10.2 Å². The van der Waals surface area contributed by atoms with E-state index in [0.29, 0.717) is 6.04 Å². The third-order valence-electron chi connectivity index (χ3n) is 5.68. The summed E-state index contributed by atoms with van der Waals surface area (Å²) in [6.07, 6.45) is 1.16. The fourth-order valence-corrected chi connectivity index (χ4v) is 4.05. The van der Waals surface area contributed by atoms with Crippen LogP contribution in [0.3, 0.4) is 0 Å². The lowest BCUT2D eigenvalue weighted by Crippen LogP contribution is -2.49. The van der Waals surface area contributed by atoms with Crippen LogP contribution in [0.2, 0.25) is 0 Å². The number of halogens is 1. The Morgan fingerprint density at radius 2 is 1.46 bits per heavy atom. The Kier molecular flexibility index (Phi) is 7.11. The van der Waals surface area contributed by atoms with Crippen molar-refractivity contribution < 1.29 is 0 Å². The number of piperazine rings is 1. The monoisotopic (exact) mass is 398 g/mol. The molecule has 0 spiro atoms. The predicted octanol–water partition coefficient (Wildman–Crippen LogP) is 4.64. The summed E-state index contributed by atoms with van der Waals surface area (Å²) >= 11 is 0. The lowest BCUT2D eigenvalue weighted by molar-refractivity contribution is 0.108. The van der Waals surface area contributed by atoms with Crippen LogP contribution in [-0.2, 0) is 0 Å². The molecule has 1 fully saturated rings. The lowest BCUT2D eigenvalue weighted by Gasteiger charge is -2.36. The second-order valence-corrected chi connectivity index (χ2v) is 7.77. The SMILES string of the molecule is CC(C)N1CCN(CCCNc2c3ccccc3nc3ccccc23)CC1.Cl. The van der Waals surface area contributed by atoms with E-state index in [0.717, 1.165) is 24.0 Å². The van der Waals surface area contributed by atoms with Gasteiger partial charge in [-0.05, 0) is 38.9 Å². The van der Waals surface area contributed by atoms with Crippen LogP contribution in [0.4, 0.5) is 5.69 Å². The zero-order chi connectivity index (χ0) is 18.6. The molecule has 0 amide bonds. The summed E-state index contributed by atoms with van der Waals surface area (Å²) in [6, 6.07) is 17.5. The predicted molar refractivity (Wildman–Crippen MR) is 123 cm³/mol. The quantitative estimate of drug-likeness (QED) is 0.484. The summed E-state index contributed by atoms with van der Waals surface area (Å²) in [7, 11) is 0. The summed E-state index contributed by atoms with van der Waals surface area (Å²) in [4.78, 5) is 9.98. The normalized spacial score (nSPS) is 15.8. The van der Waals surface area contributed by atoms with Gasteiger partial charge in [-0.1, -0.05) is 36.4 Å². The van der Waals surface area contributed by atoms with Crippen molar-refractivity contribution in [3.8, 4) is 0 Å². The molecule has 150 valence electrons. The van der Waals surface area contributed by atoms with Gasteiger partial charge in [-0.3, -0.25) is 4.90 Å². The number of anilines is 1. The molecule has 0 aliphatic carbocycles. The minimum absolute atomic E-state index is 0. The minimum atomic E-state index is 0. The van der Waals surface area contributed by atoms with Gasteiger partial charge in [0.1, 0.15) is 0 Å². The smallest absolute Gasteiger partial charge is 0.0730 e. The summed E-state index contributed by atoms with van der Waals surface area (Å²) in [5, 5.41) is 6.14. The van der Waals surface area contributed by atoms with Gasteiger partial charge in [0.25, 0.3) is 0 Å². The van der Waals surface area contributed by atoms with E-state index >= 15 is 0 Å². The van der Waals surface area contributed by atoms with Crippen LogP contribution in [0.5, 0.6) is 0 Å². The van der Waals surface area contributed by atoms with Gasteiger partial charge in [0, 0.05) is 49.5 Å². The molecule has 0 atom stereocenters. The zero-order valence-corrected chi connectivity index (χ0v) is 17.7. The Hall–Kier alpha value is -1.88. The van der Waals surface area contributed by atoms with E-state index in [-0.39, 0.29) is 12.4 Å². The first kappa shape index (κ1) is 20.8. The average molecular weight is 399 g/mol. The van der Waals surface area contributed by atoms with Crippen LogP contribution in [0.1, 0.15) is 20.3 Å². The van der Waals surface area contributed by atoms with E-state index in [1.165, 1.54) is 49.2 Å². The van der Waals surface area contributed by atoms with E-state index in [1.807, 2.05) is 0 Å². The molecule has 4 nitrogen and oxygen atoms in total.